The normalized spacial score (nSPS) is 26.4. The van der Waals surface area contributed by atoms with Crippen LogP contribution in [0.4, 0.5) is 0 Å². The SMILES string of the molecule is NCC(c1cc(Br)c(Cl)s1)N1CCN2CCCCC2C1. The summed E-state index contributed by atoms with van der Waals surface area (Å²) < 4.78 is 1.82. The van der Waals surface area contributed by atoms with Gasteiger partial charge in [-0.1, -0.05) is 18.0 Å². The van der Waals surface area contributed by atoms with Crippen LogP contribution in [0.1, 0.15) is 30.2 Å². The van der Waals surface area contributed by atoms with Crippen LogP contribution in [-0.2, 0) is 0 Å². The van der Waals surface area contributed by atoms with Crippen molar-refractivity contribution in [2.45, 2.75) is 31.3 Å². The van der Waals surface area contributed by atoms with Crippen LogP contribution in [0, 0.1) is 0 Å². The van der Waals surface area contributed by atoms with Gasteiger partial charge in [0.15, 0.2) is 0 Å². The first-order valence-electron chi connectivity index (χ1n) is 7.32. The predicted molar refractivity (Wildman–Crippen MR) is 89.6 cm³/mol. The molecule has 2 N–H and O–H groups in total. The zero-order chi connectivity index (χ0) is 14.1. The van der Waals surface area contributed by atoms with E-state index in [0.29, 0.717) is 12.6 Å². The third-order valence-corrected chi connectivity index (χ3v) is 7.10. The Hall–Kier alpha value is 0.350. The predicted octanol–water partition coefficient (Wildman–Crippen LogP) is 3.33. The number of nitrogens with two attached hydrogens (primary N) is 1. The van der Waals surface area contributed by atoms with Gasteiger partial charge in [0.2, 0.25) is 0 Å². The molecule has 1 aromatic rings. The number of rotatable bonds is 3. The van der Waals surface area contributed by atoms with Crippen LogP contribution >= 0.6 is 38.9 Å². The average Bonchev–Trinajstić information content (AvgIpc) is 2.79. The van der Waals surface area contributed by atoms with Crippen molar-refractivity contribution in [2.75, 3.05) is 32.7 Å². The molecule has 0 aromatic carbocycles. The lowest BCUT2D eigenvalue weighted by Gasteiger charge is -2.46. The highest BCUT2D eigenvalue weighted by Crippen LogP contribution is 2.37. The smallest absolute Gasteiger partial charge is 0.107 e. The van der Waals surface area contributed by atoms with E-state index < -0.39 is 0 Å². The maximum atomic E-state index is 6.18. The lowest BCUT2D eigenvalue weighted by atomic mass is 9.98. The fraction of sp³-hybridized carbons (Fsp3) is 0.714. The molecule has 0 amide bonds. The second-order valence-corrected chi connectivity index (χ2v) is 8.24. The average molecular weight is 379 g/mol. The minimum absolute atomic E-state index is 0.313. The summed E-state index contributed by atoms with van der Waals surface area (Å²) in [6.45, 7) is 5.39. The number of fused-ring (bicyclic) bond motifs is 1. The minimum Gasteiger partial charge on any atom is -0.329 e. The second kappa shape index (κ2) is 6.63. The van der Waals surface area contributed by atoms with E-state index in [1.165, 1.54) is 37.2 Å². The molecule has 112 valence electrons. The summed E-state index contributed by atoms with van der Waals surface area (Å²) in [7, 11) is 0. The Kier molecular flexibility index (Phi) is 5.06. The van der Waals surface area contributed by atoms with Crippen LogP contribution < -0.4 is 5.73 Å². The molecule has 0 bridgehead atoms. The summed E-state index contributed by atoms with van der Waals surface area (Å²) in [5, 5.41) is 0. The van der Waals surface area contributed by atoms with Crippen molar-refractivity contribution in [2.24, 2.45) is 5.73 Å². The van der Waals surface area contributed by atoms with Gasteiger partial charge in [-0.15, -0.1) is 11.3 Å². The van der Waals surface area contributed by atoms with E-state index in [0.717, 1.165) is 27.9 Å². The van der Waals surface area contributed by atoms with E-state index in [2.05, 4.69) is 31.8 Å². The van der Waals surface area contributed by atoms with Gasteiger partial charge in [0.05, 0.1) is 6.04 Å². The van der Waals surface area contributed by atoms with Crippen molar-refractivity contribution in [3.63, 3.8) is 0 Å². The number of halogens is 2. The quantitative estimate of drug-likeness (QED) is 0.875. The minimum atomic E-state index is 0.313. The Morgan fingerprint density at radius 2 is 2.25 bits per heavy atom. The van der Waals surface area contributed by atoms with Gasteiger partial charge in [-0.05, 0) is 41.4 Å². The van der Waals surface area contributed by atoms with Gasteiger partial charge in [-0.3, -0.25) is 9.80 Å². The molecule has 2 aliphatic heterocycles. The van der Waals surface area contributed by atoms with E-state index in [1.54, 1.807) is 11.3 Å². The Morgan fingerprint density at radius 1 is 1.40 bits per heavy atom. The molecule has 3 nitrogen and oxygen atoms in total. The van der Waals surface area contributed by atoms with Gasteiger partial charge in [-0.2, -0.15) is 0 Å². The van der Waals surface area contributed by atoms with E-state index >= 15 is 0 Å². The van der Waals surface area contributed by atoms with Gasteiger partial charge in [0.1, 0.15) is 4.34 Å². The molecule has 2 unspecified atom stereocenters. The topological polar surface area (TPSA) is 32.5 Å². The summed E-state index contributed by atoms with van der Waals surface area (Å²) >= 11 is 11.3. The fourth-order valence-corrected chi connectivity index (χ4v) is 5.32. The highest BCUT2D eigenvalue weighted by molar-refractivity contribution is 9.10. The first kappa shape index (κ1) is 15.3. The molecule has 2 saturated heterocycles. The summed E-state index contributed by atoms with van der Waals surface area (Å²) in [6, 6.07) is 3.18. The van der Waals surface area contributed by atoms with Gasteiger partial charge in [-0.25, -0.2) is 0 Å². The van der Waals surface area contributed by atoms with Crippen LogP contribution in [0.5, 0.6) is 0 Å². The van der Waals surface area contributed by atoms with Crippen molar-refractivity contribution in [3.8, 4) is 0 Å². The monoisotopic (exact) mass is 377 g/mol. The van der Waals surface area contributed by atoms with Gasteiger partial charge < -0.3 is 5.73 Å². The molecule has 0 spiro atoms. The van der Waals surface area contributed by atoms with E-state index in [9.17, 15) is 0 Å². The fourth-order valence-electron chi connectivity index (χ4n) is 3.44. The van der Waals surface area contributed by atoms with Crippen LogP contribution in [0.3, 0.4) is 0 Å². The Morgan fingerprint density at radius 3 is 2.95 bits per heavy atom. The highest BCUT2D eigenvalue weighted by atomic mass is 79.9. The number of piperazine rings is 1. The Bertz CT molecular complexity index is 448. The summed E-state index contributed by atoms with van der Waals surface area (Å²) in [6.07, 6.45) is 4.08. The lowest BCUT2D eigenvalue weighted by Crippen LogP contribution is -2.56. The summed E-state index contributed by atoms with van der Waals surface area (Å²) in [5.41, 5.74) is 6.06. The van der Waals surface area contributed by atoms with Crippen molar-refractivity contribution in [3.05, 3.63) is 19.8 Å². The molecule has 2 atom stereocenters. The first-order chi connectivity index (χ1) is 9.69. The molecule has 3 rings (SSSR count). The zero-order valence-corrected chi connectivity index (χ0v) is 14.7. The number of hydrogen-bond donors (Lipinski definition) is 1. The number of nitrogens with zero attached hydrogens (tertiary/aromatic N) is 2. The first-order valence-corrected chi connectivity index (χ1v) is 9.30. The molecule has 3 heterocycles. The van der Waals surface area contributed by atoms with Crippen molar-refractivity contribution >= 4 is 38.9 Å². The third kappa shape index (κ3) is 3.08. The largest absolute Gasteiger partial charge is 0.329 e. The van der Waals surface area contributed by atoms with Crippen molar-refractivity contribution in [1.29, 1.82) is 0 Å². The maximum Gasteiger partial charge on any atom is 0.107 e. The molecule has 0 aliphatic carbocycles. The Balaban J connectivity index is 1.73. The molecule has 2 fully saturated rings. The Labute approximate surface area is 138 Å². The maximum absolute atomic E-state index is 6.18. The number of hydrogen-bond acceptors (Lipinski definition) is 4. The van der Waals surface area contributed by atoms with E-state index in [-0.39, 0.29) is 0 Å². The molecule has 0 radical (unpaired) electrons. The molecule has 20 heavy (non-hydrogen) atoms. The van der Waals surface area contributed by atoms with Crippen LogP contribution in [0.25, 0.3) is 0 Å². The van der Waals surface area contributed by atoms with Crippen molar-refractivity contribution in [1.82, 2.24) is 9.80 Å². The van der Waals surface area contributed by atoms with Crippen LogP contribution in [0.2, 0.25) is 4.34 Å². The third-order valence-electron chi connectivity index (χ3n) is 4.53. The van der Waals surface area contributed by atoms with Crippen LogP contribution in [-0.4, -0.2) is 48.6 Å². The standard InChI is InChI=1S/C14H21BrClN3S/c15-11-7-13(20-14(11)16)12(8-17)19-6-5-18-4-2-1-3-10(18)9-19/h7,10,12H,1-6,8-9,17H2. The second-order valence-electron chi connectivity index (χ2n) is 5.70. The molecule has 6 heteroatoms. The molecular weight excluding hydrogens is 358 g/mol. The van der Waals surface area contributed by atoms with Gasteiger partial charge in [0, 0.05) is 41.6 Å². The highest BCUT2D eigenvalue weighted by Gasteiger charge is 2.32. The van der Waals surface area contributed by atoms with E-state index in [1.807, 2.05) is 0 Å². The van der Waals surface area contributed by atoms with E-state index in [4.69, 9.17) is 17.3 Å². The number of thiophene rings is 1. The van der Waals surface area contributed by atoms with Gasteiger partial charge in [0.25, 0.3) is 0 Å². The molecule has 1 aromatic heterocycles. The van der Waals surface area contributed by atoms with Gasteiger partial charge >= 0.3 is 0 Å². The lowest BCUT2D eigenvalue weighted by molar-refractivity contribution is 0.0293. The molecule has 2 aliphatic rings. The molecular formula is C14H21BrClN3S. The number of piperidine rings is 1. The zero-order valence-electron chi connectivity index (χ0n) is 11.5. The van der Waals surface area contributed by atoms with Crippen LogP contribution in [0.15, 0.2) is 10.5 Å². The molecule has 0 saturated carbocycles. The van der Waals surface area contributed by atoms with Crippen molar-refractivity contribution < 1.29 is 0 Å². The summed E-state index contributed by atoms with van der Waals surface area (Å²) in [4.78, 5) is 6.50. The summed E-state index contributed by atoms with van der Waals surface area (Å²) in [5.74, 6) is 0.